The third-order valence-corrected chi connectivity index (χ3v) is 2.87. The van der Waals surface area contributed by atoms with Crippen LogP contribution in [0.5, 0.6) is 5.75 Å². The van der Waals surface area contributed by atoms with Crippen molar-refractivity contribution in [2.24, 2.45) is 10.9 Å². The van der Waals surface area contributed by atoms with E-state index in [9.17, 15) is 9.90 Å². The number of rotatable bonds is 5. The Morgan fingerprint density at radius 3 is 2.74 bits per heavy atom. The zero-order valence-corrected chi connectivity index (χ0v) is 11.1. The van der Waals surface area contributed by atoms with Crippen LogP contribution in [0.1, 0.15) is 35.7 Å². The standard InChI is InChI=1S/C13H19N3O3/c1-3-10(7-12(14)16-19)15-13(18)9-4-5-11(17)8(2)6-9/h4-6,10,17,19H,3,7H2,1-2H3,(H2,14,16)(H,15,18). The predicted octanol–water partition coefficient (Wildman–Crippen LogP) is 1.35. The van der Waals surface area contributed by atoms with Gasteiger partial charge < -0.3 is 21.4 Å². The first-order chi connectivity index (χ1) is 8.97. The molecule has 0 aromatic heterocycles. The zero-order valence-electron chi connectivity index (χ0n) is 11.1. The molecule has 6 nitrogen and oxygen atoms in total. The Bertz CT molecular complexity index is 486. The summed E-state index contributed by atoms with van der Waals surface area (Å²) in [5, 5.41) is 23.6. The molecule has 0 radical (unpaired) electrons. The maximum Gasteiger partial charge on any atom is 0.251 e. The number of benzene rings is 1. The summed E-state index contributed by atoms with van der Waals surface area (Å²) in [4.78, 5) is 12.0. The number of carbonyl (C=O) groups is 1. The van der Waals surface area contributed by atoms with Gasteiger partial charge in [-0.15, -0.1) is 0 Å². The summed E-state index contributed by atoms with van der Waals surface area (Å²) in [6.07, 6.45) is 0.953. The van der Waals surface area contributed by atoms with Crippen LogP contribution >= 0.6 is 0 Å². The maximum absolute atomic E-state index is 12.0. The smallest absolute Gasteiger partial charge is 0.251 e. The Morgan fingerprint density at radius 2 is 2.21 bits per heavy atom. The van der Waals surface area contributed by atoms with Gasteiger partial charge in [-0.05, 0) is 37.1 Å². The lowest BCUT2D eigenvalue weighted by molar-refractivity contribution is 0.0937. The van der Waals surface area contributed by atoms with E-state index in [2.05, 4.69) is 10.5 Å². The lowest BCUT2D eigenvalue weighted by Crippen LogP contribution is -2.37. The van der Waals surface area contributed by atoms with E-state index in [1.165, 1.54) is 6.07 Å². The first kappa shape index (κ1) is 14.8. The largest absolute Gasteiger partial charge is 0.508 e. The second-order valence-corrected chi connectivity index (χ2v) is 4.38. The highest BCUT2D eigenvalue weighted by Crippen LogP contribution is 2.17. The number of aryl methyl sites for hydroxylation is 1. The minimum absolute atomic E-state index is 0.0778. The van der Waals surface area contributed by atoms with Crippen molar-refractivity contribution in [2.45, 2.75) is 32.7 Å². The van der Waals surface area contributed by atoms with Crippen molar-refractivity contribution >= 4 is 11.7 Å². The summed E-state index contributed by atoms with van der Waals surface area (Å²) < 4.78 is 0. The Balaban J connectivity index is 2.74. The van der Waals surface area contributed by atoms with E-state index in [0.29, 0.717) is 17.5 Å². The molecule has 0 fully saturated rings. The molecule has 0 heterocycles. The fourth-order valence-corrected chi connectivity index (χ4v) is 1.66. The molecule has 1 rings (SSSR count). The number of hydrogen-bond donors (Lipinski definition) is 4. The van der Waals surface area contributed by atoms with E-state index in [0.717, 1.165) is 0 Å². The number of carbonyl (C=O) groups excluding carboxylic acids is 1. The fourth-order valence-electron chi connectivity index (χ4n) is 1.66. The van der Waals surface area contributed by atoms with Crippen molar-refractivity contribution in [1.82, 2.24) is 5.32 Å². The van der Waals surface area contributed by atoms with Crippen LogP contribution in [0.2, 0.25) is 0 Å². The summed E-state index contributed by atoms with van der Waals surface area (Å²) >= 11 is 0. The average Bonchev–Trinajstić information content (AvgIpc) is 2.40. The number of amides is 1. The molecule has 1 unspecified atom stereocenters. The molecule has 0 bridgehead atoms. The average molecular weight is 265 g/mol. The SMILES string of the molecule is CCC(C/C(N)=N/O)NC(=O)c1ccc(O)c(C)c1. The van der Waals surface area contributed by atoms with Gasteiger partial charge in [0, 0.05) is 18.0 Å². The number of nitrogens with one attached hydrogen (secondary N) is 1. The molecule has 0 spiro atoms. The number of hydrogen-bond acceptors (Lipinski definition) is 4. The molecule has 0 aliphatic heterocycles. The first-order valence-corrected chi connectivity index (χ1v) is 6.04. The molecule has 1 aromatic carbocycles. The number of oxime groups is 1. The van der Waals surface area contributed by atoms with Gasteiger partial charge in [0.2, 0.25) is 0 Å². The van der Waals surface area contributed by atoms with Gasteiger partial charge in [0.1, 0.15) is 11.6 Å². The van der Waals surface area contributed by atoms with Gasteiger partial charge in [0.15, 0.2) is 0 Å². The Hall–Kier alpha value is -2.24. The van der Waals surface area contributed by atoms with Crippen LogP contribution in [-0.2, 0) is 0 Å². The summed E-state index contributed by atoms with van der Waals surface area (Å²) in [6.45, 7) is 3.62. The minimum atomic E-state index is -0.249. The van der Waals surface area contributed by atoms with Crippen molar-refractivity contribution in [3.8, 4) is 5.75 Å². The normalized spacial score (nSPS) is 13.1. The quantitative estimate of drug-likeness (QED) is 0.279. The highest BCUT2D eigenvalue weighted by molar-refractivity contribution is 5.95. The molecule has 6 heteroatoms. The van der Waals surface area contributed by atoms with E-state index < -0.39 is 0 Å². The van der Waals surface area contributed by atoms with Crippen molar-refractivity contribution < 1.29 is 15.1 Å². The molecule has 0 aliphatic rings. The number of amidine groups is 1. The molecule has 1 amide bonds. The van der Waals surface area contributed by atoms with Crippen molar-refractivity contribution in [2.75, 3.05) is 0 Å². The second-order valence-electron chi connectivity index (χ2n) is 4.38. The van der Waals surface area contributed by atoms with Gasteiger partial charge in [0.05, 0.1) is 0 Å². The molecule has 0 saturated heterocycles. The Kier molecular flexibility index (Phi) is 5.17. The first-order valence-electron chi connectivity index (χ1n) is 6.04. The van der Waals surface area contributed by atoms with E-state index in [1.807, 2.05) is 6.92 Å². The van der Waals surface area contributed by atoms with Crippen LogP contribution in [-0.4, -0.2) is 28.1 Å². The Labute approximate surface area is 111 Å². The third-order valence-electron chi connectivity index (χ3n) is 2.87. The Morgan fingerprint density at radius 1 is 1.53 bits per heavy atom. The number of nitrogens with two attached hydrogens (primary N) is 1. The molecule has 1 aromatic rings. The monoisotopic (exact) mass is 265 g/mol. The van der Waals surface area contributed by atoms with E-state index in [4.69, 9.17) is 10.9 Å². The van der Waals surface area contributed by atoms with Gasteiger partial charge in [0.25, 0.3) is 5.91 Å². The summed E-state index contributed by atoms with van der Waals surface area (Å²) in [6, 6.07) is 4.45. The van der Waals surface area contributed by atoms with E-state index >= 15 is 0 Å². The predicted molar refractivity (Wildman–Crippen MR) is 72.4 cm³/mol. The number of aromatic hydroxyl groups is 1. The molecule has 5 N–H and O–H groups in total. The van der Waals surface area contributed by atoms with Gasteiger partial charge in [-0.25, -0.2) is 0 Å². The van der Waals surface area contributed by atoms with E-state index in [1.54, 1.807) is 19.1 Å². The molecular weight excluding hydrogens is 246 g/mol. The van der Waals surface area contributed by atoms with Crippen LogP contribution in [0, 0.1) is 6.92 Å². The molecule has 104 valence electrons. The number of phenolic OH excluding ortho intramolecular Hbond substituents is 1. The highest BCUT2D eigenvalue weighted by Gasteiger charge is 2.14. The van der Waals surface area contributed by atoms with E-state index in [-0.39, 0.29) is 30.0 Å². The van der Waals surface area contributed by atoms with Gasteiger partial charge >= 0.3 is 0 Å². The zero-order chi connectivity index (χ0) is 14.4. The van der Waals surface area contributed by atoms with Crippen LogP contribution in [0.25, 0.3) is 0 Å². The molecule has 19 heavy (non-hydrogen) atoms. The minimum Gasteiger partial charge on any atom is -0.508 e. The van der Waals surface area contributed by atoms with Crippen molar-refractivity contribution in [3.05, 3.63) is 29.3 Å². The maximum atomic E-state index is 12.0. The van der Waals surface area contributed by atoms with Crippen LogP contribution < -0.4 is 11.1 Å². The van der Waals surface area contributed by atoms with Crippen LogP contribution in [0.4, 0.5) is 0 Å². The summed E-state index contributed by atoms with van der Waals surface area (Å²) in [5.41, 5.74) is 6.53. The van der Waals surface area contributed by atoms with Gasteiger partial charge in [-0.3, -0.25) is 4.79 Å². The van der Waals surface area contributed by atoms with Gasteiger partial charge in [-0.2, -0.15) is 0 Å². The second kappa shape index (κ2) is 6.63. The molecular formula is C13H19N3O3. The molecule has 0 saturated carbocycles. The topological polar surface area (TPSA) is 108 Å². The fraction of sp³-hybridized carbons (Fsp3) is 0.385. The number of phenols is 1. The lowest BCUT2D eigenvalue weighted by atomic mass is 10.1. The van der Waals surface area contributed by atoms with Crippen molar-refractivity contribution in [3.63, 3.8) is 0 Å². The molecule has 0 aliphatic carbocycles. The third kappa shape index (κ3) is 4.17. The molecule has 1 atom stereocenters. The lowest BCUT2D eigenvalue weighted by Gasteiger charge is -2.16. The van der Waals surface area contributed by atoms with Gasteiger partial charge in [-0.1, -0.05) is 12.1 Å². The highest BCUT2D eigenvalue weighted by atomic mass is 16.4. The summed E-state index contributed by atoms with van der Waals surface area (Å²) in [7, 11) is 0. The van der Waals surface area contributed by atoms with Crippen LogP contribution in [0.15, 0.2) is 23.4 Å². The summed E-state index contributed by atoms with van der Waals surface area (Å²) in [5.74, 6) is -0.0185. The van der Waals surface area contributed by atoms with Crippen molar-refractivity contribution in [1.29, 1.82) is 0 Å². The number of nitrogens with zero attached hydrogens (tertiary/aromatic N) is 1. The van der Waals surface area contributed by atoms with Crippen LogP contribution in [0.3, 0.4) is 0 Å².